The molecule has 3 aromatic carbocycles. The van der Waals surface area contributed by atoms with Crippen LogP contribution in [-0.2, 0) is 6.42 Å². The summed E-state index contributed by atoms with van der Waals surface area (Å²) in [4.78, 5) is 9.68. The van der Waals surface area contributed by atoms with Crippen LogP contribution in [0.2, 0.25) is 5.02 Å². The van der Waals surface area contributed by atoms with Gasteiger partial charge in [-0.2, -0.15) is 0 Å². The van der Waals surface area contributed by atoms with Gasteiger partial charge < -0.3 is 16.1 Å². The van der Waals surface area contributed by atoms with Gasteiger partial charge in [-0.05, 0) is 66.4 Å². The van der Waals surface area contributed by atoms with E-state index in [-0.39, 0.29) is 6.61 Å². The van der Waals surface area contributed by atoms with Gasteiger partial charge in [0.1, 0.15) is 5.01 Å². The molecule has 1 atom stereocenters. The summed E-state index contributed by atoms with van der Waals surface area (Å²) < 4.78 is 1.09. The Morgan fingerprint density at radius 1 is 1.00 bits per heavy atom. The smallest absolute Gasteiger partial charge is 0.175 e. The van der Waals surface area contributed by atoms with Crippen molar-refractivity contribution in [1.82, 2.24) is 15.4 Å². The zero-order valence-corrected chi connectivity index (χ0v) is 22.4. The highest BCUT2D eigenvalue weighted by Gasteiger charge is 2.18. The lowest BCUT2D eigenvalue weighted by atomic mass is 9.93. The number of nitrogens with zero attached hydrogens (tertiary/aromatic N) is 4. The SMILES string of the molecule is Cc1cc2nc(-c3ccnc(-c4cccc(C5=N[NH+](C)[N-]N5)c4)c3)sc2c(-c2ccc(Cl)cc2)c1CCO. The number of benzene rings is 3. The minimum absolute atomic E-state index is 0.0824. The Morgan fingerprint density at radius 3 is 2.58 bits per heavy atom. The third kappa shape index (κ3) is 4.69. The van der Waals surface area contributed by atoms with Gasteiger partial charge in [-0.3, -0.25) is 10.1 Å². The molecule has 0 saturated carbocycles. The molecule has 6 rings (SSSR count). The van der Waals surface area contributed by atoms with Crippen molar-refractivity contribution in [2.45, 2.75) is 13.3 Å². The summed E-state index contributed by atoms with van der Waals surface area (Å²) >= 11 is 7.84. The van der Waals surface area contributed by atoms with E-state index in [9.17, 15) is 5.11 Å². The molecule has 3 N–H and O–H groups in total. The van der Waals surface area contributed by atoms with Gasteiger partial charge in [0.05, 0.1) is 23.0 Å². The molecule has 190 valence electrons. The molecule has 9 heteroatoms. The number of hydrogen-bond acceptors (Lipinski definition) is 6. The van der Waals surface area contributed by atoms with Gasteiger partial charge in [-0.1, -0.05) is 47.0 Å². The lowest BCUT2D eigenvalue weighted by Gasteiger charge is -2.13. The summed E-state index contributed by atoms with van der Waals surface area (Å²) in [5.74, 6) is 0.732. The van der Waals surface area contributed by atoms with Crippen LogP contribution in [0.25, 0.3) is 48.7 Å². The summed E-state index contributed by atoms with van der Waals surface area (Å²) in [5.41, 5.74) is 16.3. The van der Waals surface area contributed by atoms with Gasteiger partial charge in [-0.25, -0.2) is 4.98 Å². The number of nitrogens with one attached hydrogen (secondary N) is 2. The Kier molecular flexibility index (Phi) is 6.65. The Hall–Kier alpha value is -3.66. The number of aliphatic hydroxyl groups is 1. The van der Waals surface area contributed by atoms with E-state index >= 15 is 0 Å². The van der Waals surface area contributed by atoms with Crippen LogP contribution in [-0.4, -0.2) is 34.6 Å². The predicted molar refractivity (Wildman–Crippen MR) is 154 cm³/mol. The molecule has 0 radical (unpaired) electrons. The first kappa shape index (κ1) is 24.7. The van der Waals surface area contributed by atoms with Crippen LogP contribution in [0.5, 0.6) is 0 Å². The number of amidine groups is 1. The average Bonchev–Trinajstić information content (AvgIpc) is 3.56. The number of aromatic nitrogens is 2. The number of aliphatic hydroxyl groups excluding tert-OH is 1. The molecule has 5 aromatic rings. The van der Waals surface area contributed by atoms with Crippen molar-refractivity contribution < 1.29 is 10.2 Å². The normalized spacial score (nSPS) is 15.1. The molecule has 1 aliphatic heterocycles. The summed E-state index contributed by atoms with van der Waals surface area (Å²) in [6.45, 7) is 2.16. The summed E-state index contributed by atoms with van der Waals surface area (Å²) in [6.07, 6.45) is 2.40. The fourth-order valence-corrected chi connectivity index (χ4v) is 6.00. The maximum Gasteiger partial charge on any atom is 0.175 e. The van der Waals surface area contributed by atoms with E-state index in [4.69, 9.17) is 16.6 Å². The van der Waals surface area contributed by atoms with Crippen molar-refractivity contribution in [3.8, 4) is 33.0 Å². The maximum absolute atomic E-state index is 9.80. The summed E-state index contributed by atoms with van der Waals surface area (Å²) in [6, 6.07) is 22.2. The molecule has 3 heterocycles. The quantitative estimate of drug-likeness (QED) is 0.277. The van der Waals surface area contributed by atoms with Crippen LogP contribution in [0.3, 0.4) is 0 Å². The van der Waals surface area contributed by atoms with Crippen molar-refractivity contribution in [3.63, 3.8) is 0 Å². The third-order valence-electron chi connectivity index (χ3n) is 6.54. The molecule has 0 fully saturated rings. The lowest BCUT2D eigenvalue weighted by molar-refractivity contribution is -0.845. The second-order valence-corrected chi connectivity index (χ2v) is 10.6. The lowest BCUT2D eigenvalue weighted by Crippen LogP contribution is -2.98. The summed E-state index contributed by atoms with van der Waals surface area (Å²) in [7, 11) is 1.86. The van der Waals surface area contributed by atoms with E-state index in [1.807, 2.05) is 61.8 Å². The zero-order chi connectivity index (χ0) is 26.2. The molecule has 2 aromatic heterocycles. The molecular weight excluding hydrogens is 516 g/mol. The Bertz CT molecular complexity index is 1680. The number of fused-ring (bicyclic) bond motifs is 1. The molecular formula is C29H25ClN6OS. The molecule has 7 nitrogen and oxygen atoms in total. The number of thiazole rings is 1. The van der Waals surface area contributed by atoms with Crippen molar-refractivity contribution in [3.05, 3.63) is 100 Å². The molecule has 0 aliphatic carbocycles. The molecule has 1 aliphatic rings. The van der Waals surface area contributed by atoms with E-state index in [0.29, 0.717) is 16.6 Å². The molecule has 0 bridgehead atoms. The van der Waals surface area contributed by atoms with Crippen LogP contribution < -0.4 is 10.5 Å². The largest absolute Gasteiger partial charge is 0.417 e. The van der Waals surface area contributed by atoms with Crippen LogP contribution in [0.4, 0.5) is 0 Å². The molecule has 38 heavy (non-hydrogen) atoms. The van der Waals surface area contributed by atoms with Gasteiger partial charge in [0, 0.05) is 40.1 Å². The minimum Gasteiger partial charge on any atom is -0.417 e. The number of halogens is 1. The highest BCUT2D eigenvalue weighted by Crippen LogP contribution is 2.41. The minimum atomic E-state index is 0.0824. The van der Waals surface area contributed by atoms with Crippen LogP contribution in [0.1, 0.15) is 16.7 Å². The van der Waals surface area contributed by atoms with Gasteiger partial charge in [0.25, 0.3) is 0 Å². The fraction of sp³-hybridized carbons (Fsp3) is 0.138. The second-order valence-electron chi connectivity index (χ2n) is 9.14. The monoisotopic (exact) mass is 540 g/mol. The van der Waals surface area contributed by atoms with Crippen molar-refractivity contribution >= 4 is 39.0 Å². The van der Waals surface area contributed by atoms with E-state index in [0.717, 1.165) is 65.7 Å². The average molecular weight is 541 g/mol. The first-order valence-corrected chi connectivity index (χ1v) is 13.5. The number of rotatable bonds is 6. The number of aryl methyl sites for hydroxylation is 1. The number of quaternary nitrogens is 1. The molecule has 0 saturated heterocycles. The van der Waals surface area contributed by atoms with Crippen molar-refractivity contribution in [2.24, 2.45) is 5.10 Å². The van der Waals surface area contributed by atoms with Gasteiger partial charge in [-0.15, -0.1) is 11.3 Å². The molecule has 0 spiro atoms. The van der Waals surface area contributed by atoms with Gasteiger partial charge in [0.15, 0.2) is 5.84 Å². The molecule has 0 amide bonds. The van der Waals surface area contributed by atoms with E-state index in [1.165, 1.54) is 0 Å². The number of pyridine rings is 1. The van der Waals surface area contributed by atoms with E-state index < -0.39 is 0 Å². The van der Waals surface area contributed by atoms with E-state index in [2.05, 4.69) is 46.2 Å². The highest BCUT2D eigenvalue weighted by molar-refractivity contribution is 7.22. The zero-order valence-electron chi connectivity index (χ0n) is 20.9. The third-order valence-corrected chi connectivity index (χ3v) is 7.93. The Morgan fingerprint density at radius 2 is 1.82 bits per heavy atom. The first-order chi connectivity index (χ1) is 18.5. The van der Waals surface area contributed by atoms with Gasteiger partial charge in [0.2, 0.25) is 0 Å². The first-order valence-electron chi connectivity index (χ1n) is 12.3. The summed E-state index contributed by atoms with van der Waals surface area (Å²) in [5, 5.41) is 16.6. The van der Waals surface area contributed by atoms with Crippen LogP contribution >= 0.6 is 22.9 Å². The van der Waals surface area contributed by atoms with Crippen LogP contribution in [0.15, 0.2) is 78.0 Å². The standard InChI is InChI=1S/C29H25ClN6OS/c1-17-14-25-27(26(23(17)11-13-37)18-6-8-22(30)9-7-18)38-29(32-25)21-10-12-31-24(16-21)19-4-3-5-20(15-19)28-33-35-36(2)34-28/h3-10,12,14-16,36-37H,11,13H2,1-2H3,(H,33,34). The maximum atomic E-state index is 9.80. The number of hydrogen-bond donors (Lipinski definition) is 3. The topological polar surface area (TPSA) is 88.9 Å². The molecule has 1 unspecified atom stereocenters. The van der Waals surface area contributed by atoms with Crippen molar-refractivity contribution in [1.29, 1.82) is 0 Å². The fourth-order valence-electron chi connectivity index (χ4n) is 4.74. The Labute approximate surface area is 229 Å². The highest BCUT2D eigenvalue weighted by atomic mass is 35.5. The second kappa shape index (κ2) is 10.2. The van der Waals surface area contributed by atoms with Crippen LogP contribution in [0, 0.1) is 6.92 Å². The Balaban J connectivity index is 1.44. The van der Waals surface area contributed by atoms with E-state index in [1.54, 1.807) is 11.3 Å². The predicted octanol–water partition coefficient (Wildman–Crippen LogP) is 5.17. The van der Waals surface area contributed by atoms with Gasteiger partial charge >= 0.3 is 0 Å². The van der Waals surface area contributed by atoms with Crippen molar-refractivity contribution in [2.75, 3.05) is 13.7 Å².